The van der Waals surface area contributed by atoms with Crippen LogP contribution >= 0.6 is 0 Å². The molecule has 0 spiro atoms. The zero-order valence-corrected chi connectivity index (χ0v) is 18.5. The van der Waals surface area contributed by atoms with E-state index in [1.54, 1.807) is 68.5 Å². The first-order chi connectivity index (χ1) is 15.7. The van der Waals surface area contributed by atoms with Crippen LogP contribution in [0, 0.1) is 17.8 Å². The normalized spacial score (nSPS) is 10.6. The zero-order valence-electron chi connectivity index (χ0n) is 18.5. The minimum absolute atomic E-state index is 0.0268. The molecule has 2 rings (SSSR count). The summed E-state index contributed by atoms with van der Waals surface area (Å²) in [5.74, 6) is 1.14. The second-order valence-electron chi connectivity index (χ2n) is 6.95. The average molecular weight is 447 g/mol. The lowest BCUT2D eigenvalue weighted by Crippen LogP contribution is -2.37. The molecule has 0 radical (unpaired) electrons. The van der Waals surface area contributed by atoms with Gasteiger partial charge in [0.1, 0.15) is 18.1 Å². The standard InChI is InChI=1S/C25H25N3O5/c1-4-14-28(16-22(29)32-5-2)24(30)17(3)15-18-6-8-20(9-7-18)25(31)33-21-12-10-19(11-13-21)23(26)27/h1,6-13,15H,5,14,16H2,2-3H3,(H3,26,27). The molecule has 0 saturated heterocycles. The summed E-state index contributed by atoms with van der Waals surface area (Å²) in [5.41, 5.74) is 7.31. The lowest BCUT2D eigenvalue weighted by molar-refractivity contribution is -0.147. The van der Waals surface area contributed by atoms with Crippen molar-refractivity contribution in [3.8, 4) is 18.1 Å². The highest BCUT2D eigenvalue weighted by Gasteiger charge is 2.18. The van der Waals surface area contributed by atoms with Gasteiger partial charge < -0.3 is 20.1 Å². The van der Waals surface area contributed by atoms with E-state index in [0.717, 1.165) is 0 Å². The predicted molar refractivity (Wildman–Crippen MR) is 125 cm³/mol. The van der Waals surface area contributed by atoms with Crippen molar-refractivity contribution < 1.29 is 23.9 Å². The van der Waals surface area contributed by atoms with Crippen molar-refractivity contribution in [3.05, 3.63) is 70.8 Å². The van der Waals surface area contributed by atoms with E-state index in [9.17, 15) is 14.4 Å². The Hall–Kier alpha value is -4.38. The number of nitrogens with one attached hydrogen (secondary N) is 1. The molecule has 1 amide bonds. The van der Waals surface area contributed by atoms with Crippen molar-refractivity contribution in [3.63, 3.8) is 0 Å². The number of nitrogen functional groups attached to an aromatic ring is 1. The highest BCUT2D eigenvalue weighted by Crippen LogP contribution is 2.16. The monoisotopic (exact) mass is 447 g/mol. The molecule has 0 aliphatic heterocycles. The van der Waals surface area contributed by atoms with E-state index in [1.165, 1.54) is 4.90 Å². The van der Waals surface area contributed by atoms with Gasteiger partial charge >= 0.3 is 11.9 Å². The minimum Gasteiger partial charge on any atom is -0.465 e. The van der Waals surface area contributed by atoms with Crippen LogP contribution in [0.15, 0.2) is 54.1 Å². The van der Waals surface area contributed by atoms with E-state index >= 15 is 0 Å². The van der Waals surface area contributed by atoms with Crippen LogP contribution < -0.4 is 10.5 Å². The second-order valence-corrected chi connectivity index (χ2v) is 6.95. The fourth-order valence-corrected chi connectivity index (χ4v) is 2.82. The molecule has 0 unspecified atom stereocenters. The van der Waals surface area contributed by atoms with Crippen LogP contribution in [0.1, 0.15) is 35.3 Å². The second kappa shape index (κ2) is 11.9. The Balaban J connectivity index is 2.07. The lowest BCUT2D eigenvalue weighted by atomic mass is 10.1. The maximum Gasteiger partial charge on any atom is 0.343 e. The molecule has 0 atom stereocenters. The highest BCUT2D eigenvalue weighted by atomic mass is 16.5. The third kappa shape index (κ3) is 7.36. The van der Waals surface area contributed by atoms with Crippen molar-refractivity contribution in [2.75, 3.05) is 19.7 Å². The van der Waals surface area contributed by atoms with Gasteiger partial charge in [0, 0.05) is 11.1 Å². The first kappa shape index (κ1) is 24.9. The van der Waals surface area contributed by atoms with Crippen LogP contribution in [0.4, 0.5) is 0 Å². The van der Waals surface area contributed by atoms with E-state index in [0.29, 0.717) is 28.0 Å². The number of hydrogen-bond acceptors (Lipinski definition) is 6. The molecule has 8 nitrogen and oxygen atoms in total. The summed E-state index contributed by atoms with van der Waals surface area (Å²) in [5, 5.41) is 7.38. The van der Waals surface area contributed by atoms with Gasteiger partial charge in [0.2, 0.25) is 0 Å². The third-order valence-corrected chi connectivity index (χ3v) is 4.44. The van der Waals surface area contributed by atoms with Gasteiger partial charge in [-0.2, -0.15) is 0 Å². The van der Waals surface area contributed by atoms with Gasteiger partial charge in [0.05, 0.1) is 18.7 Å². The molecule has 2 aromatic rings. The largest absolute Gasteiger partial charge is 0.465 e. The number of benzene rings is 2. The molecule has 0 fully saturated rings. The highest BCUT2D eigenvalue weighted by molar-refractivity contribution is 5.99. The Morgan fingerprint density at radius 2 is 1.70 bits per heavy atom. The summed E-state index contributed by atoms with van der Waals surface area (Å²) in [6, 6.07) is 12.8. The quantitative estimate of drug-likeness (QED) is 0.152. The molecule has 2 aromatic carbocycles. The molecule has 33 heavy (non-hydrogen) atoms. The van der Waals surface area contributed by atoms with Gasteiger partial charge in [0.25, 0.3) is 5.91 Å². The SMILES string of the molecule is C#CCN(CC(=O)OCC)C(=O)C(C)=Cc1ccc(C(=O)Oc2ccc(C(=N)N)cc2)cc1. The van der Waals surface area contributed by atoms with Crippen LogP contribution in [-0.4, -0.2) is 48.3 Å². The molecule has 0 saturated carbocycles. The van der Waals surface area contributed by atoms with Crippen molar-refractivity contribution in [2.45, 2.75) is 13.8 Å². The maximum atomic E-state index is 12.7. The fourth-order valence-electron chi connectivity index (χ4n) is 2.82. The minimum atomic E-state index is -0.552. The van der Waals surface area contributed by atoms with Crippen molar-refractivity contribution in [1.82, 2.24) is 4.90 Å². The average Bonchev–Trinajstić information content (AvgIpc) is 2.79. The smallest absolute Gasteiger partial charge is 0.343 e. The molecule has 0 heterocycles. The molecule has 0 bridgehead atoms. The molecule has 3 N–H and O–H groups in total. The molecular weight excluding hydrogens is 422 g/mol. The van der Waals surface area contributed by atoms with E-state index in [2.05, 4.69) is 5.92 Å². The number of rotatable bonds is 9. The number of hydrogen-bond donors (Lipinski definition) is 2. The third-order valence-electron chi connectivity index (χ3n) is 4.44. The van der Waals surface area contributed by atoms with Crippen molar-refractivity contribution in [2.24, 2.45) is 5.73 Å². The molecule has 170 valence electrons. The van der Waals surface area contributed by atoms with Crippen LogP contribution in [0.25, 0.3) is 6.08 Å². The molecular formula is C25H25N3O5. The summed E-state index contributed by atoms with van der Waals surface area (Å²) in [7, 11) is 0. The summed E-state index contributed by atoms with van der Waals surface area (Å²) in [4.78, 5) is 38.0. The summed E-state index contributed by atoms with van der Waals surface area (Å²) in [6.07, 6.45) is 6.95. The van der Waals surface area contributed by atoms with Crippen LogP contribution in [0.5, 0.6) is 5.75 Å². The lowest BCUT2D eigenvalue weighted by Gasteiger charge is -2.19. The van der Waals surface area contributed by atoms with E-state index in [-0.39, 0.29) is 25.5 Å². The number of nitrogens with zero attached hydrogens (tertiary/aromatic N) is 1. The van der Waals surface area contributed by atoms with E-state index in [1.807, 2.05) is 0 Å². The van der Waals surface area contributed by atoms with Gasteiger partial charge in [-0.05, 0) is 61.9 Å². The number of carbonyl (C=O) groups is 3. The number of amides is 1. The Labute approximate surface area is 192 Å². The van der Waals surface area contributed by atoms with Gasteiger partial charge in [-0.15, -0.1) is 6.42 Å². The van der Waals surface area contributed by atoms with Gasteiger partial charge in [-0.1, -0.05) is 18.1 Å². The topological polar surface area (TPSA) is 123 Å². The van der Waals surface area contributed by atoms with Gasteiger partial charge in [-0.25, -0.2) is 4.79 Å². The summed E-state index contributed by atoms with van der Waals surface area (Å²) < 4.78 is 10.2. The first-order valence-electron chi connectivity index (χ1n) is 10.1. The van der Waals surface area contributed by atoms with Crippen LogP contribution in [0.3, 0.4) is 0 Å². The number of esters is 2. The Bertz CT molecular complexity index is 1100. The first-order valence-corrected chi connectivity index (χ1v) is 10.1. The summed E-state index contributed by atoms with van der Waals surface area (Å²) in [6.45, 7) is 3.25. The predicted octanol–water partition coefficient (Wildman–Crippen LogP) is 2.62. The number of carbonyl (C=O) groups excluding carboxylic acids is 3. The summed E-state index contributed by atoms with van der Waals surface area (Å²) >= 11 is 0. The number of terminal acetylenes is 1. The number of nitrogens with two attached hydrogens (primary N) is 1. The number of ether oxygens (including phenoxy) is 2. The fraction of sp³-hybridized carbons (Fsp3) is 0.200. The van der Waals surface area contributed by atoms with E-state index in [4.69, 9.17) is 27.0 Å². The van der Waals surface area contributed by atoms with Gasteiger partial charge in [0.15, 0.2) is 0 Å². The zero-order chi connectivity index (χ0) is 24.4. The van der Waals surface area contributed by atoms with Crippen molar-refractivity contribution in [1.29, 1.82) is 5.41 Å². The molecule has 0 aromatic heterocycles. The van der Waals surface area contributed by atoms with Crippen LogP contribution in [0.2, 0.25) is 0 Å². The Morgan fingerprint density at radius 3 is 2.24 bits per heavy atom. The van der Waals surface area contributed by atoms with Gasteiger partial charge in [-0.3, -0.25) is 15.0 Å². The molecule has 0 aliphatic rings. The van der Waals surface area contributed by atoms with Crippen LogP contribution in [-0.2, 0) is 14.3 Å². The van der Waals surface area contributed by atoms with E-state index < -0.39 is 17.8 Å². The van der Waals surface area contributed by atoms with Crippen molar-refractivity contribution >= 4 is 29.8 Å². The Kier molecular flexibility index (Phi) is 8.95. The molecule has 0 aliphatic carbocycles. The molecule has 8 heteroatoms. The maximum absolute atomic E-state index is 12.7. The Morgan fingerprint density at radius 1 is 1.09 bits per heavy atom. The number of amidine groups is 1.